The average molecular weight is 324 g/mol. The molecule has 0 saturated carbocycles. The van der Waals surface area contributed by atoms with E-state index in [-0.39, 0.29) is 0 Å². The van der Waals surface area contributed by atoms with Gasteiger partial charge in [0.25, 0.3) is 0 Å². The number of aryl methyl sites for hydroxylation is 1. The topological polar surface area (TPSA) is 33.3 Å². The smallest absolute Gasteiger partial charge is 0.124 e. The van der Waals surface area contributed by atoms with Crippen molar-refractivity contribution in [2.75, 3.05) is 19.6 Å². The second-order valence-corrected chi connectivity index (χ2v) is 6.71. The number of nitrogens with one attached hydrogen (secondary N) is 2. The normalized spacial score (nSPS) is 15.4. The van der Waals surface area contributed by atoms with E-state index in [1.807, 2.05) is 6.07 Å². The molecule has 0 amide bonds. The first-order valence-corrected chi connectivity index (χ1v) is 8.99. The van der Waals surface area contributed by atoms with E-state index in [0.717, 1.165) is 37.8 Å². The summed E-state index contributed by atoms with van der Waals surface area (Å²) < 4.78 is 6.06. The summed E-state index contributed by atoms with van der Waals surface area (Å²) in [5.74, 6) is 1.78. The highest BCUT2D eigenvalue weighted by Crippen LogP contribution is 2.20. The first-order valence-electron chi connectivity index (χ1n) is 8.99. The van der Waals surface area contributed by atoms with Crippen molar-refractivity contribution in [1.29, 1.82) is 0 Å². The molecule has 0 bridgehead atoms. The number of piperidine rings is 1. The quantitative estimate of drug-likeness (QED) is 0.815. The lowest BCUT2D eigenvalue weighted by Crippen LogP contribution is -2.33. The zero-order chi connectivity index (χ0) is 16.6. The second-order valence-electron chi connectivity index (χ2n) is 6.71. The molecule has 128 valence electrons. The number of benzene rings is 2. The van der Waals surface area contributed by atoms with E-state index in [9.17, 15) is 0 Å². The Hall–Kier alpha value is -1.84. The van der Waals surface area contributed by atoms with Gasteiger partial charge in [-0.3, -0.25) is 0 Å². The van der Waals surface area contributed by atoms with Crippen molar-refractivity contribution in [3.05, 3.63) is 65.2 Å². The van der Waals surface area contributed by atoms with Crippen LogP contribution in [0.5, 0.6) is 5.75 Å². The fraction of sp³-hybridized carbons (Fsp3) is 0.429. The van der Waals surface area contributed by atoms with Crippen LogP contribution in [0.15, 0.2) is 48.5 Å². The summed E-state index contributed by atoms with van der Waals surface area (Å²) in [6.45, 7) is 6.99. The van der Waals surface area contributed by atoms with Crippen LogP contribution in [0, 0.1) is 12.8 Å². The van der Waals surface area contributed by atoms with Gasteiger partial charge in [0.2, 0.25) is 0 Å². The van der Waals surface area contributed by atoms with Crippen LogP contribution in [0.4, 0.5) is 0 Å². The molecule has 3 heteroatoms. The summed E-state index contributed by atoms with van der Waals surface area (Å²) in [5.41, 5.74) is 3.72. The van der Waals surface area contributed by atoms with Gasteiger partial charge in [0.1, 0.15) is 12.4 Å². The van der Waals surface area contributed by atoms with Crippen molar-refractivity contribution in [2.24, 2.45) is 5.92 Å². The SMILES string of the molecule is Cc1ccc(COc2ccccc2CNCC2CCNCC2)cc1. The maximum atomic E-state index is 6.06. The summed E-state index contributed by atoms with van der Waals surface area (Å²) in [6.07, 6.45) is 2.55. The highest BCUT2D eigenvalue weighted by Gasteiger charge is 2.12. The molecule has 0 unspecified atom stereocenters. The van der Waals surface area contributed by atoms with Crippen LogP contribution in [-0.4, -0.2) is 19.6 Å². The van der Waals surface area contributed by atoms with Gasteiger partial charge in [-0.2, -0.15) is 0 Å². The summed E-state index contributed by atoms with van der Waals surface area (Å²) in [5, 5.41) is 7.03. The molecule has 1 heterocycles. The molecule has 2 aromatic carbocycles. The Balaban J connectivity index is 1.51. The third-order valence-corrected chi connectivity index (χ3v) is 4.69. The Bertz CT molecular complexity index is 618. The van der Waals surface area contributed by atoms with Crippen LogP contribution < -0.4 is 15.4 Å². The van der Waals surface area contributed by atoms with Crippen molar-refractivity contribution >= 4 is 0 Å². The Kier molecular flexibility index (Phi) is 6.27. The highest BCUT2D eigenvalue weighted by molar-refractivity contribution is 5.33. The lowest BCUT2D eigenvalue weighted by molar-refractivity contribution is 0.301. The fourth-order valence-corrected chi connectivity index (χ4v) is 3.13. The number of para-hydroxylation sites is 1. The molecular weight excluding hydrogens is 296 g/mol. The Morgan fingerprint density at radius 1 is 1.04 bits per heavy atom. The number of ether oxygens (including phenoxy) is 1. The van der Waals surface area contributed by atoms with E-state index in [0.29, 0.717) is 6.61 Å². The van der Waals surface area contributed by atoms with Crippen molar-refractivity contribution < 1.29 is 4.74 Å². The van der Waals surface area contributed by atoms with Crippen molar-refractivity contribution in [2.45, 2.75) is 32.9 Å². The Labute approximate surface area is 145 Å². The zero-order valence-corrected chi connectivity index (χ0v) is 14.6. The van der Waals surface area contributed by atoms with Crippen LogP contribution >= 0.6 is 0 Å². The van der Waals surface area contributed by atoms with E-state index in [2.05, 4.69) is 60.0 Å². The molecule has 1 fully saturated rings. The molecule has 0 atom stereocenters. The van der Waals surface area contributed by atoms with Gasteiger partial charge in [-0.05, 0) is 56.9 Å². The van der Waals surface area contributed by atoms with Crippen molar-refractivity contribution in [3.63, 3.8) is 0 Å². The molecule has 2 aromatic rings. The zero-order valence-electron chi connectivity index (χ0n) is 14.6. The van der Waals surface area contributed by atoms with Gasteiger partial charge in [0, 0.05) is 12.1 Å². The summed E-state index contributed by atoms with van der Waals surface area (Å²) >= 11 is 0. The standard InChI is InChI=1S/C21H28N2O/c1-17-6-8-19(9-7-17)16-24-21-5-3-2-4-20(21)15-23-14-18-10-12-22-13-11-18/h2-9,18,22-23H,10-16H2,1H3. The predicted molar refractivity (Wildman–Crippen MR) is 99.3 cm³/mol. The third kappa shape index (κ3) is 5.08. The molecule has 2 N–H and O–H groups in total. The predicted octanol–water partition coefficient (Wildman–Crippen LogP) is 3.66. The minimum absolute atomic E-state index is 0.617. The highest BCUT2D eigenvalue weighted by atomic mass is 16.5. The molecule has 0 radical (unpaired) electrons. The molecule has 1 aliphatic rings. The van der Waals surface area contributed by atoms with Gasteiger partial charge >= 0.3 is 0 Å². The van der Waals surface area contributed by atoms with E-state index >= 15 is 0 Å². The molecule has 3 rings (SSSR count). The summed E-state index contributed by atoms with van der Waals surface area (Å²) in [4.78, 5) is 0. The Morgan fingerprint density at radius 3 is 2.58 bits per heavy atom. The first-order chi connectivity index (χ1) is 11.8. The van der Waals surface area contributed by atoms with Crippen molar-refractivity contribution in [3.8, 4) is 5.75 Å². The molecule has 0 aromatic heterocycles. The maximum Gasteiger partial charge on any atom is 0.124 e. The van der Waals surface area contributed by atoms with Crippen molar-refractivity contribution in [1.82, 2.24) is 10.6 Å². The average Bonchev–Trinajstić information content (AvgIpc) is 2.63. The van der Waals surface area contributed by atoms with Gasteiger partial charge in [-0.25, -0.2) is 0 Å². The number of hydrogen-bond acceptors (Lipinski definition) is 3. The summed E-state index contributed by atoms with van der Waals surface area (Å²) in [6, 6.07) is 16.9. The van der Waals surface area contributed by atoms with E-state index in [4.69, 9.17) is 4.74 Å². The number of rotatable bonds is 7. The van der Waals surface area contributed by atoms with Gasteiger partial charge in [0.15, 0.2) is 0 Å². The molecule has 0 aliphatic carbocycles. The van der Waals surface area contributed by atoms with Crippen LogP contribution in [0.3, 0.4) is 0 Å². The molecular formula is C21H28N2O. The lowest BCUT2D eigenvalue weighted by Gasteiger charge is -2.23. The molecule has 1 saturated heterocycles. The third-order valence-electron chi connectivity index (χ3n) is 4.69. The van der Waals surface area contributed by atoms with Gasteiger partial charge in [-0.1, -0.05) is 48.0 Å². The van der Waals surface area contributed by atoms with Crippen LogP contribution in [0.25, 0.3) is 0 Å². The van der Waals surface area contributed by atoms with Crippen LogP contribution in [0.1, 0.15) is 29.5 Å². The second kappa shape index (κ2) is 8.86. The summed E-state index contributed by atoms with van der Waals surface area (Å²) in [7, 11) is 0. The largest absolute Gasteiger partial charge is 0.489 e. The fourth-order valence-electron chi connectivity index (χ4n) is 3.13. The maximum absolute atomic E-state index is 6.06. The number of hydrogen-bond donors (Lipinski definition) is 2. The Morgan fingerprint density at radius 2 is 1.79 bits per heavy atom. The van der Waals surface area contributed by atoms with Gasteiger partial charge in [-0.15, -0.1) is 0 Å². The first kappa shape index (κ1) is 17.0. The molecule has 1 aliphatic heterocycles. The minimum Gasteiger partial charge on any atom is -0.489 e. The van der Waals surface area contributed by atoms with Gasteiger partial charge in [0.05, 0.1) is 0 Å². The monoisotopic (exact) mass is 324 g/mol. The molecule has 3 nitrogen and oxygen atoms in total. The lowest BCUT2D eigenvalue weighted by atomic mass is 9.98. The van der Waals surface area contributed by atoms with Crippen LogP contribution in [-0.2, 0) is 13.2 Å². The van der Waals surface area contributed by atoms with E-state index in [1.54, 1.807) is 0 Å². The van der Waals surface area contributed by atoms with Crippen LogP contribution in [0.2, 0.25) is 0 Å². The minimum atomic E-state index is 0.617. The van der Waals surface area contributed by atoms with Gasteiger partial charge < -0.3 is 15.4 Å². The van der Waals surface area contributed by atoms with E-state index < -0.39 is 0 Å². The molecule has 24 heavy (non-hydrogen) atoms. The molecule has 0 spiro atoms. The van der Waals surface area contributed by atoms with E-state index in [1.165, 1.54) is 29.5 Å².